The van der Waals surface area contributed by atoms with Crippen molar-refractivity contribution in [3.8, 4) is 0 Å². The molecule has 29 heavy (non-hydrogen) atoms. The second kappa shape index (κ2) is 9.40. The van der Waals surface area contributed by atoms with Crippen LogP contribution in [0.5, 0.6) is 0 Å². The Bertz CT molecular complexity index is 885. The van der Waals surface area contributed by atoms with E-state index in [1.54, 1.807) is 4.90 Å². The second-order valence-electron chi connectivity index (χ2n) is 6.76. The van der Waals surface area contributed by atoms with E-state index in [4.69, 9.17) is 5.41 Å². The fourth-order valence-corrected chi connectivity index (χ4v) is 3.25. The molecule has 152 valence electrons. The number of hydrogen-bond acceptors (Lipinski definition) is 5. The summed E-state index contributed by atoms with van der Waals surface area (Å²) < 4.78 is 26.5. The van der Waals surface area contributed by atoms with Crippen LogP contribution in [0.4, 0.5) is 14.5 Å². The molecule has 0 radical (unpaired) electrons. The Labute approximate surface area is 167 Å². The standard InChI is InChI=1S/C21H22F2N4O2/c22-16-8-17(23)10-18(9-16)25-20(28)11-19(12-24)27-7-6-26(14-21(27)29)13-15-4-2-1-3-5-15/h1-5,8-12,21,24,29H,6-7,13-14H2,(H,25,28)/b19-11+,24-12?. The van der Waals surface area contributed by atoms with Crippen LogP contribution in [-0.2, 0) is 11.3 Å². The molecule has 1 atom stereocenters. The average molecular weight is 400 g/mol. The lowest BCUT2D eigenvalue weighted by atomic mass is 10.2. The zero-order valence-electron chi connectivity index (χ0n) is 15.7. The lowest BCUT2D eigenvalue weighted by Gasteiger charge is -2.40. The van der Waals surface area contributed by atoms with E-state index in [9.17, 15) is 18.7 Å². The minimum atomic E-state index is -0.889. The third kappa shape index (κ3) is 5.69. The van der Waals surface area contributed by atoms with Gasteiger partial charge in [0, 0.05) is 50.2 Å². The minimum Gasteiger partial charge on any atom is -0.372 e. The number of nitrogens with zero attached hydrogens (tertiary/aromatic N) is 2. The molecule has 8 heteroatoms. The summed E-state index contributed by atoms with van der Waals surface area (Å²) >= 11 is 0. The van der Waals surface area contributed by atoms with Gasteiger partial charge in [-0.1, -0.05) is 30.3 Å². The van der Waals surface area contributed by atoms with Gasteiger partial charge < -0.3 is 20.7 Å². The Balaban J connectivity index is 1.63. The van der Waals surface area contributed by atoms with Crippen LogP contribution in [-0.4, -0.2) is 52.9 Å². The third-order valence-electron chi connectivity index (χ3n) is 4.58. The molecule has 0 bridgehead atoms. The van der Waals surface area contributed by atoms with Crippen molar-refractivity contribution in [2.24, 2.45) is 0 Å². The maximum atomic E-state index is 13.3. The van der Waals surface area contributed by atoms with E-state index in [0.717, 1.165) is 30.0 Å². The van der Waals surface area contributed by atoms with Crippen LogP contribution >= 0.6 is 0 Å². The molecular weight excluding hydrogens is 378 g/mol. The van der Waals surface area contributed by atoms with E-state index in [2.05, 4.69) is 10.2 Å². The summed E-state index contributed by atoms with van der Waals surface area (Å²) in [5.41, 5.74) is 1.32. The number of anilines is 1. The van der Waals surface area contributed by atoms with Gasteiger partial charge in [0.1, 0.15) is 17.9 Å². The van der Waals surface area contributed by atoms with Gasteiger partial charge in [-0.25, -0.2) is 8.78 Å². The first-order valence-corrected chi connectivity index (χ1v) is 9.15. The molecule has 1 amide bonds. The summed E-state index contributed by atoms with van der Waals surface area (Å²) in [5, 5.41) is 20.5. The molecule has 1 fully saturated rings. The highest BCUT2D eigenvalue weighted by Crippen LogP contribution is 2.17. The first-order chi connectivity index (χ1) is 13.9. The summed E-state index contributed by atoms with van der Waals surface area (Å²) in [7, 11) is 0. The summed E-state index contributed by atoms with van der Waals surface area (Å²) in [6.07, 6.45) is 1.22. The molecule has 1 unspecified atom stereocenters. The monoisotopic (exact) mass is 400 g/mol. The van der Waals surface area contributed by atoms with E-state index in [0.29, 0.717) is 32.2 Å². The maximum absolute atomic E-state index is 13.3. The molecule has 3 N–H and O–H groups in total. The molecular formula is C21H22F2N4O2. The van der Waals surface area contributed by atoms with E-state index < -0.39 is 23.8 Å². The smallest absolute Gasteiger partial charge is 0.250 e. The number of piperazine rings is 1. The summed E-state index contributed by atoms with van der Waals surface area (Å²) in [5.74, 6) is -2.25. The zero-order chi connectivity index (χ0) is 20.8. The molecule has 2 aromatic carbocycles. The number of aliphatic hydroxyl groups is 1. The van der Waals surface area contributed by atoms with Gasteiger partial charge in [-0.3, -0.25) is 9.69 Å². The summed E-state index contributed by atoms with van der Waals surface area (Å²) in [6.45, 7) is 2.13. The highest BCUT2D eigenvalue weighted by Gasteiger charge is 2.26. The third-order valence-corrected chi connectivity index (χ3v) is 4.58. The van der Waals surface area contributed by atoms with Gasteiger partial charge in [0.2, 0.25) is 0 Å². The normalized spacial score (nSPS) is 17.8. The molecule has 2 aromatic rings. The Morgan fingerprint density at radius 3 is 2.48 bits per heavy atom. The number of carbonyl (C=O) groups is 1. The number of aliphatic hydroxyl groups excluding tert-OH is 1. The van der Waals surface area contributed by atoms with E-state index in [1.165, 1.54) is 0 Å². The summed E-state index contributed by atoms with van der Waals surface area (Å²) in [6, 6.07) is 12.6. The lowest BCUT2D eigenvalue weighted by molar-refractivity contribution is -0.112. The van der Waals surface area contributed by atoms with Crippen LogP contribution in [0.2, 0.25) is 0 Å². The van der Waals surface area contributed by atoms with Gasteiger partial charge >= 0.3 is 0 Å². The fourth-order valence-electron chi connectivity index (χ4n) is 3.25. The molecule has 0 spiro atoms. The van der Waals surface area contributed by atoms with Crippen LogP contribution in [0.15, 0.2) is 60.3 Å². The first kappa shape index (κ1) is 20.6. The van der Waals surface area contributed by atoms with Crippen molar-refractivity contribution in [3.05, 3.63) is 77.5 Å². The van der Waals surface area contributed by atoms with Gasteiger partial charge in [0.05, 0.1) is 5.70 Å². The van der Waals surface area contributed by atoms with Gasteiger partial charge in [0.15, 0.2) is 0 Å². The van der Waals surface area contributed by atoms with Crippen molar-refractivity contribution in [2.75, 3.05) is 25.0 Å². The minimum absolute atomic E-state index is 0.0266. The van der Waals surface area contributed by atoms with Crippen LogP contribution in [0.1, 0.15) is 5.56 Å². The summed E-state index contributed by atoms with van der Waals surface area (Å²) in [4.78, 5) is 15.9. The van der Waals surface area contributed by atoms with Gasteiger partial charge in [-0.15, -0.1) is 0 Å². The van der Waals surface area contributed by atoms with Crippen molar-refractivity contribution in [1.82, 2.24) is 9.80 Å². The topological polar surface area (TPSA) is 79.7 Å². The molecule has 0 saturated carbocycles. The number of allylic oxidation sites excluding steroid dienone is 1. The van der Waals surface area contributed by atoms with Gasteiger partial charge in [-0.05, 0) is 17.7 Å². The lowest BCUT2D eigenvalue weighted by Crippen LogP contribution is -2.52. The van der Waals surface area contributed by atoms with Crippen LogP contribution < -0.4 is 5.32 Å². The number of rotatable bonds is 6. The Hall–Kier alpha value is -3.10. The largest absolute Gasteiger partial charge is 0.372 e. The van der Waals surface area contributed by atoms with Crippen LogP contribution in [0, 0.1) is 17.0 Å². The molecule has 1 aliphatic heterocycles. The average Bonchev–Trinajstić information content (AvgIpc) is 2.66. The van der Waals surface area contributed by atoms with Gasteiger partial charge in [-0.2, -0.15) is 0 Å². The molecule has 1 heterocycles. The molecule has 6 nitrogen and oxygen atoms in total. The molecule has 1 saturated heterocycles. The van der Waals surface area contributed by atoms with Crippen molar-refractivity contribution >= 4 is 17.8 Å². The number of nitrogens with one attached hydrogen (secondary N) is 2. The fraction of sp³-hybridized carbons (Fsp3) is 0.238. The first-order valence-electron chi connectivity index (χ1n) is 9.15. The number of β-amino-alcohol motifs (C(OH)–C–C–N with tert-alkyl or cyclic N) is 1. The Kier molecular flexibility index (Phi) is 6.69. The Morgan fingerprint density at radius 1 is 1.17 bits per heavy atom. The predicted octanol–water partition coefficient (Wildman–Crippen LogP) is 2.57. The number of amides is 1. The van der Waals surface area contributed by atoms with Crippen molar-refractivity contribution in [1.29, 1.82) is 5.41 Å². The molecule has 1 aliphatic rings. The number of benzene rings is 2. The van der Waals surface area contributed by atoms with Gasteiger partial charge in [0.25, 0.3) is 5.91 Å². The van der Waals surface area contributed by atoms with Crippen molar-refractivity contribution in [2.45, 2.75) is 12.8 Å². The number of hydrogen-bond donors (Lipinski definition) is 3. The molecule has 0 aromatic heterocycles. The second-order valence-corrected chi connectivity index (χ2v) is 6.76. The van der Waals surface area contributed by atoms with E-state index >= 15 is 0 Å². The highest BCUT2D eigenvalue weighted by molar-refractivity contribution is 6.02. The Morgan fingerprint density at radius 2 is 1.86 bits per heavy atom. The molecule has 3 rings (SSSR count). The van der Waals surface area contributed by atoms with Crippen molar-refractivity contribution < 1.29 is 18.7 Å². The van der Waals surface area contributed by atoms with Crippen molar-refractivity contribution in [3.63, 3.8) is 0 Å². The van der Waals surface area contributed by atoms with E-state index in [-0.39, 0.29) is 11.4 Å². The van der Waals surface area contributed by atoms with Crippen LogP contribution in [0.3, 0.4) is 0 Å². The maximum Gasteiger partial charge on any atom is 0.250 e. The highest BCUT2D eigenvalue weighted by atomic mass is 19.1. The molecule has 0 aliphatic carbocycles. The number of carbonyl (C=O) groups excluding carboxylic acids is 1. The zero-order valence-corrected chi connectivity index (χ0v) is 15.7. The van der Waals surface area contributed by atoms with E-state index in [1.807, 2.05) is 30.3 Å². The predicted molar refractivity (Wildman–Crippen MR) is 106 cm³/mol. The number of halogens is 2. The SMILES string of the molecule is N=C/C(=C\C(=O)Nc1cc(F)cc(F)c1)N1CCN(Cc2ccccc2)CC1O. The van der Waals surface area contributed by atoms with Crippen LogP contribution in [0.25, 0.3) is 0 Å². The quantitative estimate of drug-likeness (QED) is 0.514.